The maximum Gasteiger partial charge on any atom is 0.269 e. The lowest BCUT2D eigenvalue weighted by atomic mass is 9.95. The van der Waals surface area contributed by atoms with E-state index < -0.39 is 0 Å². The van der Waals surface area contributed by atoms with Crippen LogP contribution in [0.3, 0.4) is 0 Å². The molecule has 57 heavy (non-hydrogen) atoms. The zero-order valence-corrected chi connectivity index (χ0v) is 31.6. The Bertz CT molecular complexity index is 3170. The molecule has 7 aromatic carbocycles. The van der Waals surface area contributed by atoms with Gasteiger partial charge in [-0.05, 0) is 88.6 Å². The van der Waals surface area contributed by atoms with Crippen LogP contribution in [0.25, 0.3) is 72.3 Å². The van der Waals surface area contributed by atoms with Crippen LogP contribution in [0.4, 0.5) is 0 Å². The van der Waals surface area contributed by atoms with Gasteiger partial charge in [-0.3, -0.25) is 13.7 Å². The van der Waals surface area contributed by atoms with Crippen molar-refractivity contribution in [1.29, 1.82) is 0 Å². The predicted molar refractivity (Wildman–Crippen MR) is 232 cm³/mol. The first-order valence-electron chi connectivity index (χ1n) is 20.8. The predicted octanol–water partition coefficient (Wildman–Crippen LogP) is 12.5. The minimum Gasteiger partial charge on any atom is -0.458 e. The van der Waals surface area contributed by atoms with Crippen molar-refractivity contribution < 1.29 is 13.4 Å². The number of imidazole rings is 1. The van der Waals surface area contributed by atoms with E-state index in [9.17, 15) is 1.37 Å². The summed E-state index contributed by atoms with van der Waals surface area (Å²) in [7, 11) is 0. The number of aromatic nitrogens is 4. The van der Waals surface area contributed by atoms with Crippen LogP contribution in [0.1, 0.15) is 23.5 Å². The zero-order valence-electron chi connectivity index (χ0n) is 34.6. The van der Waals surface area contributed by atoms with E-state index in [0.29, 0.717) is 29.3 Å². The van der Waals surface area contributed by atoms with Gasteiger partial charge in [0.15, 0.2) is 0 Å². The Labute approximate surface area is 336 Å². The molecule has 0 saturated carbocycles. The smallest absolute Gasteiger partial charge is 0.269 e. The van der Waals surface area contributed by atoms with Crippen molar-refractivity contribution in [3.8, 4) is 50.9 Å². The fourth-order valence-electron chi connectivity index (χ4n) is 7.93. The van der Waals surface area contributed by atoms with Gasteiger partial charge in [-0.15, -0.1) is 0 Å². The number of hydrogen-bond donors (Lipinski definition) is 0. The third kappa shape index (κ3) is 6.33. The summed E-state index contributed by atoms with van der Waals surface area (Å²) in [5.74, 6) is 1.81. The maximum atomic E-state index is 9.24. The average Bonchev–Trinajstić information content (AvgIpc) is 3.83. The molecule has 0 unspecified atom stereocenters. The van der Waals surface area contributed by atoms with Crippen LogP contribution < -0.4 is 9.30 Å². The van der Waals surface area contributed by atoms with E-state index in [4.69, 9.17) is 7.48 Å². The normalized spacial score (nSPS) is 12.3. The Hall–Kier alpha value is -7.24. The number of nitrogens with zero attached hydrogens (tertiary/aromatic N) is 4. The number of pyridine rings is 1. The van der Waals surface area contributed by atoms with E-state index >= 15 is 0 Å². The highest BCUT2D eigenvalue weighted by molar-refractivity contribution is 6.09. The van der Waals surface area contributed by atoms with Crippen molar-refractivity contribution in [2.75, 3.05) is 0 Å². The molecule has 0 aliphatic heterocycles. The van der Waals surface area contributed by atoms with Crippen LogP contribution in [0.15, 0.2) is 188 Å². The Morgan fingerprint density at radius 2 is 1.30 bits per heavy atom. The Balaban J connectivity index is 1.09. The minimum absolute atomic E-state index is 0.0115. The van der Waals surface area contributed by atoms with Crippen LogP contribution >= 0.6 is 0 Å². The van der Waals surface area contributed by atoms with Gasteiger partial charge in [-0.1, -0.05) is 141 Å². The van der Waals surface area contributed by atoms with Gasteiger partial charge in [0.2, 0.25) is 0 Å². The summed E-state index contributed by atoms with van der Waals surface area (Å²) in [5, 5.41) is 1.98. The molecule has 10 rings (SSSR count). The summed E-state index contributed by atoms with van der Waals surface area (Å²) in [5.41, 5.74) is 10.6. The Morgan fingerprint density at radius 3 is 2.05 bits per heavy atom. The molecule has 0 fully saturated rings. The first-order chi connectivity index (χ1) is 29.3. The third-order valence-corrected chi connectivity index (χ3v) is 10.4. The largest absolute Gasteiger partial charge is 0.458 e. The van der Waals surface area contributed by atoms with Crippen LogP contribution in [0, 0.1) is 12.2 Å². The van der Waals surface area contributed by atoms with Crippen LogP contribution in [-0.2, 0) is 6.42 Å². The lowest BCUT2D eigenvalue weighted by Crippen LogP contribution is -2.31. The molecule has 0 amide bonds. The average molecular weight is 740 g/mol. The summed E-state index contributed by atoms with van der Waals surface area (Å²) >= 11 is 0. The molecular weight excluding hydrogens is 697 g/mol. The van der Waals surface area contributed by atoms with Crippen molar-refractivity contribution in [2.24, 2.45) is 5.92 Å². The number of benzene rings is 7. The molecule has 0 aliphatic carbocycles. The molecule has 5 heteroatoms. The fraction of sp³-hybridized carbons (Fsp3) is 0.0769. The quantitative estimate of drug-likeness (QED) is 0.109. The maximum absolute atomic E-state index is 9.24. The number of hydrogen-bond acceptors (Lipinski definition) is 2. The second-order valence-corrected chi connectivity index (χ2v) is 14.7. The molecule has 5 nitrogen and oxygen atoms in total. The van der Waals surface area contributed by atoms with E-state index in [2.05, 4.69) is 137 Å². The highest BCUT2D eigenvalue weighted by Gasteiger charge is 2.20. The minimum atomic E-state index is -0.137. The SMILES string of the molecule is [2H]c1nc(-n2c3ccccc3c3ccc(Oc4cccc(-n5[c-][n+](-c6c(-c7ccccc7)cccc6-c6ccccc6)c6ccccc65)c4)cc32)c([2H])c(CC(C)C)c1[2H]. The van der Waals surface area contributed by atoms with Crippen LogP contribution in [0.5, 0.6) is 11.5 Å². The van der Waals surface area contributed by atoms with E-state index in [1.807, 2.05) is 71.3 Å². The van der Waals surface area contributed by atoms with E-state index in [0.717, 1.165) is 66.5 Å². The van der Waals surface area contributed by atoms with Crippen LogP contribution in [-0.4, -0.2) is 14.1 Å². The Kier molecular flexibility index (Phi) is 7.86. The first-order valence-corrected chi connectivity index (χ1v) is 19.3. The molecule has 0 radical (unpaired) electrons. The molecule has 0 spiro atoms. The monoisotopic (exact) mass is 739 g/mol. The topological polar surface area (TPSA) is 35.9 Å². The number of rotatable bonds is 9. The first kappa shape index (κ1) is 31.0. The summed E-state index contributed by atoms with van der Waals surface area (Å²) in [6.07, 6.45) is 4.13. The van der Waals surface area contributed by atoms with Gasteiger partial charge in [0.1, 0.15) is 17.3 Å². The number of para-hydroxylation sites is 4. The van der Waals surface area contributed by atoms with Crippen molar-refractivity contribution in [3.05, 3.63) is 200 Å². The standard InChI is InChI=1S/C52H40N4O/c1-36(2)31-37-29-30-53-51(32-37)56-47-24-10-9-21-45(47)46-28-27-42(34-50(46)56)57-41-20-13-19-40(33-41)54-35-55(49-26-12-11-25-48(49)54)52-43(38-15-5-3-6-16-38)22-14-23-44(52)39-17-7-4-8-18-39/h3-30,32-34,36H,31H2,1-2H3/i29D,30D,32D. The zero-order chi connectivity index (χ0) is 40.9. The Morgan fingerprint density at radius 1 is 0.649 bits per heavy atom. The molecule has 0 saturated heterocycles. The molecule has 3 aromatic heterocycles. The lowest BCUT2D eigenvalue weighted by Gasteiger charge is -2.17. The van der Waals surface area contributed by atoms with Crippen molar-refractivity contribution in [3.63, 3.8) is 0 Å². The summed E-state index contributed by atoms with van der Waals surface area (Å²) in [4.78, 5) is 4.54. The molecule has 0 bridgehead atoms. The van der Waals surface area contributed by atoms with E-state index in [1.165, 1.54) is 0 Å². The van der Waals surface area contributed by atoms with Crippen LogP contribution in [0.2, 0.25) is 0 Å². The fourth-order valence-corrected chi connectivity index (χ4v) is 7.93. The van der Waals surface area contributed by atoms with Gasteiger partial charge in [0.05, 0.1) is 37.6 Å². The van der Waals surface area contributed by atoms with Gasteiger partial charge in [-0.2, -0.15) is 0 Å². The summed E-state index contributed by atoms with van der Waals surface area (Å²) < 4.78 is 39.3. The summed E-state index contributed by atoms with van der Waals surface area (Å²) in [6, 6.07) is 58.0. The van der Waals surface area contributed by atoms with Crippen molar-refractivity contribution in [1.82, 2.24) is 14.1 Å². The second kappa shape index (κ2) is 14.4. The molecule has 0 atom stereocenters. The molecular formula is C52H40N4O. The molecule has 274 valence electrons. The molecule has 0 aliphatic rings. The molecule has 3 heterocycles. The highest BCUT2D eigenvalue weighted by atomic mass is 16.5. The number of ether oxygens (including phenoxy) is 1. The molecule has 0 N–H and O–H groups in total. The lowest BCUT2D eigenvalue weighted by molar-refractivity contribution is -0.571. The van der Waals surface area contributed by atoms with Crippen molar-refractivity contribution in [2.45, 2.75) is 20.3 Å². The molecule has 10 aromatic rings. The second-order valence-electron chi connectivity index (χ2n) is 14.7. The third-order valence-electron chi connectivity index (χ3n) is 10.4. The van der Waals surface area contributed by atoms with Gasteiger partial charge in [0.25, 0.3) is 6.33 Å². The van der Waals surface area contributed by atoms with Gasteiger partial charge in [-0.25, -0.2) is 4.98 Å². The van der Waals surface area contributed by atoms with E-state index in [-0.39, 0.29) is 24.2 Å². The highest BCUT2D eigenvalue weighted by Crippen LogP contribution is 2.37. The van der Waals surface area contributed by atoms with Gasteiger partial charge < -0.3 is 4.74 Å². The number of fused-ring (bicyclic) bond motifs is 4. The van der Waals surface area contributed by atoms with Crippen molar-refractivity contribution >= 4 is 32.8 Å². The van der Waals surface area contributed by atoms with Gasteiger partial charge >= 0.3 is 0 Å². The summed E-state index contributed by atoms with van der Waals surface area (Å²) in [6.45, 7) is 4.12. The van der Waals surface area contributed by atoms with Gasteiger partial charge in [0, 0.05) is 23.0 Å². The van der Waals surface area contributed by atoms with E-state index in [1.54, 1.807) is 0 Å².